The maximum absolute atomic E-state index is 5.92. The number of rotatable bonds is 5. The van der Waals surface area contributed by atoms with E-state index in [1.54, 1.807) is 0 Å². The minimum Gasteiger partial charge on any atom is -0.438 e. The largest absolute Gasteiger partial charge is 0.438 e. The van der Waals surface area contributed by atoms with E-state index in [1.807, 2.05) is 38.1 Å². The predicted molar refractivity (Wildman–Crippen MR) is 79.8 cm³/mol. The lowest BCUT2D eigenvalue weighted by molar-refractivity contribution is 0.451. The van der Waals surface area contributed by atoms with Crippen LogP contribution >= 0.6 is 0 Å². The molecule has 0 radical (unpaired) electrons. The zero-order chi connectivity index (χ0) is 14.5. The number of anilines is 1. The van der Waals surface area contributed by atoms with Gasteiger partial charge in [0, 0.05) is 6.42 Å². The van der Waals surface area contributed by atoms with Crippen LogP contribution in [0.4, 0.5) is 5.82 Å². The van der Waals surface area contributed by atoms with Gasteiger partial charge in [0.05, 0.1) is 5.56 Å². The topological polar surface area (TPSA) is 73.1 Å². The average molecular weight is 272 g/mol. The number of benzene rings is 1. The normalized spacial score (nSPS) is 10.4. The average Bonchev–Trinajstić information content (AvgIpc) is 2.45. The predicted octanol–water partition coefficient (Wildman–Crippen LogP) is 3.12. The van der Waals surface area contributed by atoms with Gasteiger partial charge in [-0.05, 0) is 31.9 Å². The number of para-hydroxylation sites is 1. The van der Waals surface area contributed by atoms with Crippen LogP contribution in [0.2, 0.25) is 0 Å². The number of aromatic nitrogens is 2. The van der Waals surface area contributed by atoms with Crippen LogP contribution < -0.4 is 16.0 Å². The van der Waals surface area contributed by atoms with E-state index < -0.39 is 0 Å². The van der Waals surface area contributed by atoms with Crippen molar-refractivity contribution < 1.29 is 4.74 Å². The fourth-order valence-electron chi connectivity index (χ4n) is 1.89. The summed E-state index contributed by atoms with van der Waals surface area (Å²) in [5.41, 5.74) is 4.47. The van der Waals surface area contributed by atoms with Gasteiger partial charge in [-0.2, -0.15) is 4.98 Å². The Morgan fingerprint density at radius 2 is 1.95 bits per heavy atom. The third-order valence-electron chi connectivity index (χ3n) is 3.06. The van der Waals surface area contributed by atoms with Crippen LogP contribution in [-0.2, 0) is 6.42 Å². The highest BCUT2D eigenvalue weighted by atomic mass is 16.5. The van der Waals surface area contributed by atoms with E-state index in [0.29, 0.717) is 11.7 Å². The molecule has 0 aliphatic carbocycles. The first-order chi connectivity index (χ1) is 9.65. The smallest absolute Gasteiger partial charge is 0.227 e. The van der Waals surface area contributed by atoms with Crippen LogP contribution in [0.15, 0.2) is 24.3 Å². The van der Waals surface area contributed by atoms with Gasteiger partial charge in [0.1, 0.15) is 17.4 Å². The summed E-state index contributed by atoms with van der Waals surface area (Å²) < 4.78 is 5.92. The maximum atomic E-state index is 5.92. The van der Waals surface area contributed by atoms with Gasteiger partial charge < -0.3 is 10.2 Å². The first-order valence-corrected chi connectivity index (χ1v) is 6.73. The van der Waals surface area contributed by atoms with E-state index >= 15 is 0 Å². The third-order valence-corrected chi connectivity index (χ3v) is 3.06. The molecule has 0 fully saturated rings. The number of hydrazine groups is 1. The number of nitrogens with two attached hydrogens (primary N) is 1. The van der Waals surface area contributed by atoms with E-state index in [2.05, 4.69) is 22.3 Å². The standard InChI is InChI=1S/C15H20N4O/c1-4-7-13-17-14(19-16)11(3)15(18-13)20-12-9-6-5-8-10(12)2/h5-6,8-9H,4,7,16H2,1-3H3,(H,17,18,19). The number of aryl methyl sites for hydroxylation is 2. The van der Waals surface area contributed by atoms with Crippen LogP contribution in [-0.4, -0.2) is 9.97 Å². The summed E-state index contributed by atoms with van der Waals surface area (Å²) in [6.07, 6.45) is 1.76. The van der Waals surface area contributed by atoms with Crippen molar-refractivity contribution in [3.05, 3.63) is 41.2 Å². The van der Waals surface area contributed by atoms with E-state index in [9.17, 15) is 0 Å². The lowest BCUT2D eigenvalue weighted by Crippen LogP contribution is -2.13. The highest BCUT2D eigenvalue weighted by Crippen LogP contribution is 2.28. The Morgan fingerprint density at radius 1 is 1.20 bits per heavy atom. The van der Waals surface area contributed by atoms with Crippen molar-refractivity contribution in [2.24, 2.45) is 5.84 Å². The van der Waals surface area contributed by atoms with E-state index in [1.165, 1.54) is 0 Å². The van der Waals surface area contributed by atoms with E-state index in [0.717, 1.165) is 35.5 Å². The highest BCUT2D eigenvalue weighted by Gasteiger charge is 2.12. The zero-order valence-corrected chi connectivity index (χ0v) is 12.1. The zero-order valence-electron chi connectivity index (χ0n) is 12.1. The van der Waals surface area contributed by atoms with Gasteiger partial charge in [-0.1, -0.05) is 25.1 Å². The molecule has 1 aromatic carbocycles. The molecule has 2 aromatic rings. The molecule has 0 unspecified atom stereocenters. The van der Waals surface area contributed by atoms with Crippen molar-refractivity contribution in [2.45, 2.75) is 33.6 Å². The molecule has 0 amide bonds. The Kier molecular flexibility index (Phi) is 4.53. The molecule has 0 spiro atoms. The van der Waals surface area contributed by atoms with E-state index in [4.69, 9.17) is 10.6 Å². The first-order valence-electron chi connectivity index (χ1n) is 6.73. The second-order valence-corrected chi connectivity index (χ2v) is 4.68. The molecule has 0 saturated carbocycles. The molecule has 2 rings (SSSR count). The Bertz CT molecular complexity index is 598. The van der Waals surface area contributed by atoms with Crippen molar-refractivity contribution in [3.8, 4) is 11.6 Å². The van der Waals surface area contributed by atoms with Gasteiger partial charge in [0.2, 0.25) is 5.88 Å². The molecule has 1 heterocycles. The lowest BCUT2D eigenvalue weighted by atomic mass is 10.2. The van der Waals surface area contributed by atoms with Crippen LogP contribution in [0.25, 0.3) is 0 Å². The molecule has 0 aliphatic heterocycles. The van der Waals surface area contributed by atoms with Gasteiger partial charge >= 0.3 is 0 Å². The first kappa shape index (κ1) is 14.3. The maximum Gasteiger partial charge on any atom is 0.227 e. The van der Waals surface area contributed by atoms with Crippen LogP contribution in [0, 0.1) is 13.8 Å². The molecule has 20 heavy (non-hydrogen) atoms. The molecule has 0 bridgehead atoms. The Morgan fingerprint density at radius 3 is 2.60 bits per heavy atom. The van der Waals surface area contributed by atoms with Crippen molar-refractivity contribution >= 4 is 5.82 Å². The van der Waals surface area contributed by atoms with Crippen LogP contribution in [0.3, 0.4) is 0 Å². The van der Waals surface area contributed by atoms with Crippen molar-refractivity contribution in [1.29, 1.82) is 0 Å². The summed E-state index contributed by atoms with van der Waals surface area (Å²) in [5, 5.41) is 0. The molecule has 5 nitrogen and oxygen atoms in total. The number of nitrogens with zero attached hydrogens (tertiary/aromatic N) is 2. The molecular formula is C15H20N4O. The van der Waals surface area contributed by atoms with Crippen LogP contribution in [0.5, 0.6) is 11.6 Å². The second-order valence-electron chi connectivity index (χ2n) is 4.68. The Hall–Kier alpha value is -2.14. The summed E-state index contributed by atoms with van der Waals surface area (Å²) in [6, 6.07) is 7.84. The molecule has 0 atom stereocenters. The Balaban J connectivity index is 2.39. The van der Waals surface area contributed by atoms with Gasteiger partial charge in [-0.15, -0.1) is 0 Å². The fourth-order valence-corrected chi connectivity index (χ4v) is 1.89. The molecule has 106 valence electrons. The van der Waals surface area contributed by atoms with Crippen molar-refractivity contribution in [1.82, 2.24) is 9.97 Å². The highest BCUT2D eigenvalue weighted by molar-refractivity contribution is 5.49. The Labute approximate surface area is 119 Å². The fraction of sp³-hybridized carbons (Fsp3) is 0.333. The number of nitrogens with one attached hydrogen (secondary N) is 1. The van der Waals surface area contributed by atoms with Gasteiger partial charge in [-0.25, -0.2) is 10.8 Å². The van der Waals surface area contributed by atoms with Gasteiger partial charge in [-0.3, -0.25) is 0 Å². The third kappa shape index (κ3) is 3.05. The summed E-state index contributed by atoms with van der Waals surface area (Å²) in [4.78, 5) is 8.86. The summed E-state index contributed by atoms with van der Waals surface area (Å²) >= 11 is 0. The molecular weight excluding hydrogens is 252 g/mol. The molecule has 0 aliphatic rings. The number of hydrogen-bond acceptors (Lipinski definition) is 5. The minimum absolute atomic E-state index is 0.547. The van der Waals surface area contributed by atoms with Gasteiger partial charge in [0.25, 0.3) is 0 Å². The van der Waals surface area contributed by atoms with Crippen LogP contribution in [0.1, 0.15) is 30.3 Å². The monoisotopic (exact) mass is 272 g/mol. The lowest BCUT2D eigenvalue weighted by Gasteiger charge is -2.13. The summed E-state index contributed by atoms with van der Waals surface area (Å²) in [6.45, 7) is 5.97. The van der Waals surface area contributed by atoms with Crippen molar-refractivity contribution in [3.63, 3.8) is 0 Å². The van der Waals surface area contributed by atoms with E-state index in [-0.39, 0.29) is 0 Å². The number of nitrogen functional groups attached to an aromatic ring is 1. The summed E-state index contributed by atoms with van der Waals surface area (Å²) in [7, 11) is 0. The molecule has 1 aromatic heterocycles. The quantitative estimate of drug-likeness (QED) is 0.646. The SMILES string of the molecule is CCCc1nc(NN)c(C)c(Oc2ccccc2C)n1. The van der Waals surface area contributed by atoms with Gasteiger partial charge in [0.15, 0.2) is 0 Å². The molecule has 0 saturated heterocycles. The molecule has 5 heteroatoms. The molecule has 3 N–H and O–H groups in total. The summed E-state index contributed by atoms with van der Waals surface area (Å²) in [5.74, 6) is 8.19. The minimum atomic E-state index is 0.547. The number of hydrogen-bond donors (Lipinski definition) is 2. The second kappa shape index (κ2) is 6.34. The number of ether oxygens (including phenoxy) is 1. The van der Waals surface area contributed by atoms with Crippen molar-refractivity contribution in [2.75, 3.05) is 5.43 Å².